The maximum Gasteiger partial charge on any atom is 0.162 e. The lowest BCUT2D eigenvalue weighted by Gasteiger charge is -2.17. The highest BCUT2D eigenvalue weighted by Gasteiger charge is 2.37. The van der Waals surface area contributed by atoms with Crippen molar-refractivity contribution in [3.05, 3.63) is 17.7 Å². The monoisotopic (exact) mass is 295 g/mol. The fourth-order valence-corrected chi connectivity index (χ4v) is 4.31. The largest absolute Gasteiger partial charge is 0.490 e. The lowest BCUT2D eigenvalue weighted by atomic mass is 10.0. The molecule has 0 aromatic heterocycles. The third-order valence-electron chi connectivity index (χ3n) is 3.85. The van der Waals surface area contributed by atoms with Gasteiger partial charge < -0.3 is 14.8 Å². The molecule has 0 saturated carbocycles. The highest BCUT2D eigenvalue weighted by molar-refractivity contribution is 7.86. The van der Waals surface area contributed by atoms with E-state index in [0.717, 1.165) is 41.3 Å². The SMILES string of the molecule is CCCNC1c2cc3c(cc2S(=O)C1C)OCCCO3. The topological polar surface area (TPSA) is 47.6 Å². The summed E-state index contributed by atoms with van der Waals surface area (Å²) in [6.45, 7) is 6.44. The highest BCUT2D eigenvalue weighted by atomic mass is 32.2. The van der Waals surface area contributed by atoms with Gasteiger partial charge in [0.2, 0.25) is 0 Å². The maximum atomic E-state index is 12.5. The van der Waals surface area contributed by atoms with Gasteiger partial charge in [0, 0.05) is 23.4 Å². The van der Waals surface area contributed by atoms with Gasteiger partial charge in [0.15, 0.2) is 11.5 Å². The van der Waals surface area contributed by atoms with Crippen LogP contribution in [-0.2, 0) is 10.8 Å². The first-order valence-electron chi connectivity index (χ1n) is 7.30. The number of fused-ring (bicyclic) bond motifs is 2. The Bertz CT molecular complexity index is 532. The molecule has 1 N–H and O–H groups in total. The zero-order chi connectivity index (χ0) is 14.1. The Kier molecular flexibility index (Phi) is 3.98. The van der Waals surface area contributed by atoms with Gasteiger partial charge in [-0.2, -0.15) is 0 Å². The third kappa shape index (κ3) is 2.33. The Labute approximate surface area is 122 Å². The number of rotatable bonds is 3. The second kappa shape index (κ2) is 5.74. The van der Waals surface area contributed by atoms with Gasteiger partial charge in [-0.1, -0.05) is 6.92 Å². The van der Waals surface area contributed by atoms with Crippen LogP contribution in [0.2, 0.25) is 0 Å². The number of hydrogen-bond donors (Lipinski definition) is 1. The smallest absolute Gasteiger partial charge is 0.162 e. The van der Waals surface area contributed by atoms with Crippen LogP contribution < -0.4 is 14.8 Å². The Hall–Kier alpha value is -1.07. The first-order chi connectivity index (χ1) is 9.72. The second-order valence-corrected chi connectivity index (χ2v) is 7.10. The molecule has 1 aromatic carbocycles. The molecule has 2 aliphatic heterocycles. The van der Waals surface area contributed by atoms with E-state index in [1.807, 2.05) is 19.1 Å². The van der Waals surface area contributed by atoms with Gasteiger partial charge in [-0.3, -0.25) is 4.21 Å². The zero-order valence-corrected chi connectivity index (χ0v) is 12.8. The zero-order valence-electron chi connectivity index (χ0n) is 12.0. The Morgan fingerprint density at radius 2 is 2.00 bits per heavy atom. The van der Waals surface area contributed by atoms with Gasteiger partial charge >= 0.3 is 0 Å². The molecule has 0 spiro atoms. The molecular formula is C15H21NO3S. The molecule has 110 valence electrons. The normalized spacial score (nSPS) is 28.0. The molecule has 3 atom stereocenters. The van der Waals surface area contributed by atoms with Crippen LogP contribution in [0.15, 0.2) is 17.0 Å². The molecule has 0 radical (unpaired) electrons. The van der Waals surface area contributed by atoms with Crippen LogP contribution >= 0.6 is 0 Å². The van der Waals surface area contributed by atoms with E-state index >= 15 is 0 Å². The summed E-state index contributed by atoms with van der Waals surface area (Å²) in [5.41, 5.74) is 1.11. The minimum atomic E-state index is -0.978. The average Bonchev–Trinajstić information content (AvgIpc) is 2.64. The molecule has 1 aromatic rings. The van der Waals surface area contributed by atoms with E-state index in [2.05, 4.69) is 12.2 Å². The Balaban J connectivity index is 1.99. The first kappa shape index (κ1) is 13.9. The predicted octanol–water partition coefficient (Wildman–Crippen LogP) is 2.40. The summed E-state index contributed by atoms with van der Waals surface area (Å²) in [7, 11) is -0.978. The molecule has 0 aliphatic carbocycles. The van der Waals surface area contributed by atoms with Crippen molar-refractivity contribution in [1.29, 1.82) is 0 Å². The second-order valence-electron chi connectivity index (χ2n) is 5.32. The number of benzene rings is 1. The van der Waals surface area contributed by atoms with E-state index in [1.165, 1.54) is 0 Å². The molecule has 5 heteroatoms. The fraction of sp³-hybridized carbons (Fsp3) is 0.600. The number of ether oxygens (including phenoxy) is 2. The van der Waals surface area contributed by atoms with Gasteiger partial charge in [-0.15, -0.1) is 0 Å². The van der Waals surface area contributed by atoms with Crippen LogP contribution in [0.3, 0.4) is 0 Å². The summed E-state index contributed by atoms with van der Waals surface area (Å²) in [4.78, 5) is 0.898. The van der Waals surface area contributed by atoms with Gasteiger partial charge in [0.25, 0.3) is 0 Å². The van der Waals surface area contributed by atoms with Crippen molar-refractivity contribution in [1.82, 2.24) is 5.32 Å². The van der Waals surface area contributed by atoms with Gasteiger partial charge in [-0.25, -0.2) is 0 Å². The number of hydrogen-bond acceptors (Lipinski definition) is 4. The lowest BCUT2D eigenvalue weighted by molar-refractivity contribution is 0.296. The maximum absolute atomic E-state index is 12.5. The minimum absolute atomic E-state index is 0.0857. The molecule has 0 amide bonds. The van der Waals surface area contributed by atoms with E-state index in [4.69, 9.17) is 9.47 Å². The summed E-state index contributed by atoms with van der Waals surface area (Å²) in [5.74, 6) is 1.52. The fourth-order valence-electron chi connectivity index (χ4n) is 2.78. The van der Waals surface area contributed by atoms with E-state index in [0.29, 0.717) is 13.2 Å². The molecule has 20 heavy (non-hydrogen) atoms. The molecule has 3 rings (SSSR count). The van der Waals surface area contributed by atoms with Crippen LogP contribution in [0, 0.1) is 0 Å². The predicted molar refractivity (Wildman–Crippen MR) is 79.0 cm³/mol. The molecule has 2 aliphatic rings. The molecule has 2 heterocycles. The van der Waals surface area contributed by atoms with Crippen molar-refractivity contribution < 1.29 is 13.7 Å². The quantitative estimate of drug-likeness (QED) is 0.930. The van der Waals surface area contributed by atoms with Crippen molar-refractivity contribution in [2.45, 2.75) is 42.9 Å². The molecular weight excluding hydrogens is 274 g/mol. The molecule has 3 unspecified atom stereocenters. The lowest BCUT2D eigenvalue weighted by Crippen LogP contribution is -2.28. The van der Waals surface area contributed by atoms with Gasteiger partial charge in [0.1, 0.15) is 0 Å². The van der Waals surface area contributed by atoms with E-state index in [1.54, 1.807) is 0 Å². The van der Waals surface area contributed by atoms with Crippen LogP contribution in [0.25, 0.3) is 0 Å². The van der Waals surface area contributed by atoms with E-state index < -0.39 is 10.8 Å². The summed E-state index contributed by atoms with van der Waals surface area (Å²) in [5, 5.41) is 3.59. The van der Waals surface area contributed by atoms with E-state index in [9.17, 15) is 4.21 Å². The molecule has 0 bridgehead atoms. The average molecular weight is 295 g/mol. The minimum Gasteiger partial charge on any atom is -0.490 e. The van der Waals surface area contributed by atoms with Crippen LogP contribution in [0.1, 0.15) is 38.3 Å². The summed E-state index contributed by atoms with van der Waals surface area (Å²) < 4.78 is 24.0. The van der Waals surface area contributed by atoms with Crippen molar-refractivity contribution >= 4 is 10.8 Å². The summed E-state index contributed by atoms with van der Waals surface area (Å²) >= 11 is 0. The van der Waals surface area contributed by atoms with Crippen molar-refractivity contribution in [3.8, 4) is 11.5 Å². The highest BCUT2D eigenvalue weighted by Crippen LogP contribution is 2.43. The van der Waals surface area contributed by atoms with Crippen LogP contribution in [0.4, 0.5) is 0 Å². The van der Waals surface area contributed by atoms with Crippen molar-refractivity contribution in [3.63, 3.8) is 0 Å². The van der Waals surface area contributed by atoms with Crippen LogP contribution in [-0.4, -0.2) is 29.2 Å². The molecule has 4 nitrogen and oxygen atoms in total. The molecule has 0 fully saturated rings. The van der Waals surface area contributed by atoms with E-state index in [-0.39, 0.29) is 11.3 Å². The van der Waals surface area contributed by atoms with Crippen molar-refractivity contribution in [2.24, 2.45) is 0 Å². The molecule has 0 saturated heterocycles. The first-order valence-corrected chi connectivity index (χ1v) is 8.51. The van der Waals surface area contributed by atoms with Crippen LogP contribution in [0.5, 0.6) is 11.5 Å². The van der Waals surface area contributed by atoms with Gasteiger partial charge in [-0.05, 0) is 31.5 Å². The third-order valence-corrected chi connectivity index (χ3v) is 5.59. The Morgan fingerprint density at radius 3 is 2.70 bits per heavy atom. The summed E-state index contributed by atoms with van der Waals surface area (Å²) in [6, 6.07) is 4.07. The summed E-state index contributed by atoms with van der Waals surface area (Å²) in [6.07, 6.45) is 1.95. The van der Waals surface area contributed by atoms with Crippen molar-refractivity contribution in [2.75, 3.05) is 19.8 Å². The number of nitrogens with one attached hydrogen (secondary N) is 1. The standard InChI is InChI=1S/C15H21NO3S/c1-3-5-16-15-10(2)20(17)14-9-13-12(8-11(14)15)18-6-4-7-19-13/h8-10,15-16H,3-7H2,1-2H3. The van der Waals surface area contributed by atoms with Gasteiger partial charge in [0.05, 0.1) is 29.3 Å². The Morgan fingerprint density at radius 1 is 1.30 bits per heavy atom.